The molecule has 1 aromatic heterocycles. The van der Waals surface area contributed by atoms with Crippen LogP contribution in [0.2, 0.25) is 0 Å². The van der Waals surface area contributed by atoms with Gasteiger partial charge in [-0.3, -0.25) is 0 Å². The lowest BCUT2D eigenvalue weighted by Crippen LogP contribution is -2.08. The molecule has 0 amide bonds. The molecule has 5 heteroatoms. The van der Waals surface area contributed by atoms with Gasteiger partial charge in [-0.25, -0.2) is 0 Å². The standard InChI is InChI=1S/C23H23N3OS/c1-2-25-22-14-19(27-18-8-9-18)10-11-20(22)21(15-24)23(25)16-4-6-17(7-5-16)26-12-3-13-28-26/h4-7,10-11,14,18H,2-3,8-9,12-13H2,1H3. The van der Waals surface area contributed by atoms with E-state index in [2.05, 4.69) is 52.2 Å². The Bertz CT molecular complexity index is 1050. The molecule has 3 aromatic rings. The first-order chi connectivity index (χ1) is 13.8. The Balaban J connectivity index is 1.60. The molecular formula is C23H23N3OS. The molecule has 0 bridgehead atoms. The van der Waals surface area contributed by atoms with Gasteiger partial charge < -0.3 is 13.6 Å². The lowest BCUT2D eigenvalue weighted by atomic mass is 10.1. The molecule has 2 aromatic carbocycles. The van der Waals surface area contributed by atoms with Gasteiger partial charge in [0, 0.05) is 36.0 Å². The van der Waals surface area contributed by atoms with E-state index in [-0.39, 0.29) is 0 Å². The van der Waals surface area contributed by atoms with E-state index in [1.165, 1.54) is 17.9 Å². The van der Waals surface area contributed by atoms with E-state index >= 15 is 0 Å². The molecule has 4 nitrogen and oxygen atoms in total. The number of aromatic nitrogens is 1. The highest BCUT2D eigenvalue weighted by molar-refractivity contribution is 8.00. The molecule has 5 rings (SSSR count). The van der Waals surface area contributed by atoms with Crippen molar-refractivity contribution in [3.63, 3.8) is 0 Å². The van der Waals surface area contributed by atoms with Crippen LogP contribution in [-0.4, -0.2) is 23.0 Å². The molecule has 0 spiro atoms. The second-order valence-corrected chi connectivity index (χ2v) is 8.52. The first-order valence-corrected chi connectivity index (χ1v) is 11.0. The van der Waals surface area contributed by atoms with Crippen LogP contribution in [0.5, 0.6) is 5.75 Å². The predicted molar refractivity (Wildman–Crippen MR) is 116 cm³/mol. The van der Waals surface area contributed by atoms with Crippen molar-refractivity contribution < 1.29 is 4.74 Å². The molecule has 0 radical (unpaired) electrons. The topological polar surface area (TPSA) is 41.2 Å². The van der Waals surface area contributed by atoms with Gasteiger partial charge in [-0.05, 0) is 68.0 Å². The molecule has 2 fully saturated rings. The van der Waals surface area contributed by atoms with Crippen molar-refractivity contribution in [1.29, 1.82) is 5.26 Å². The Morgan fingerprint density at radius 3 is 2.64 bits per heavy atom. The average Bonchev–Trinajstić information content (AvgIpc) is 3.27. The summed E-state index contributed by atoms with van der Waals surface area (Å²) in [5, 5.41) is 10.9. The van der Waals surface area contributed by atoms with E-state index in [9.17, 15) is 5.26 Å². The van der Waals surface area contributed by atoms with Crippen LogP contribution >= 0.6 is 11.9 Å². The van der Waals surface area contributed by atoms with Gasteiger partial charge in [-0.2, -0.15) is 5.26 Å². The number of hydrogen-bond donors (Lipinski definition) is 0. The third kappa shape index (κ3) is 3.02. The van der Waals surface area contributed by atoms with Crippen molar-refractivity contribution in [2.24, 2.45) is 0 Å². The number of anilines is 1. The highest BCUT2D eigenvalue weighted by atomic mass is 32.2. The number of nitriles is 1. The Morgan fingerprint density at radius 1 is 1.18 bits per heavy atom. The Labute approximate surface area is 169 Å². The number of ether oxygens (including phenoxy) is 1. The molecular weight excluding hydrogens is 366 g/mol. The van der Waals surface area contributed by atoms with E-state index in [1.54, 1.807) is 0 Å². The Morgan fingerprint density at radius 2 is 2.00 bits per heavy atom. The molecule has 2 aliphatic rings. The van der Waals surface area contributed by atoms with Gasteiger partial charge in [-0.15, -0.1) is 0 Å². The fourth-order valence-electron chi connectivity index (χ4n) is 3.96. The van der Waals surface area contributed by atoms with Crippen LogP contribution in [0.25, 0.3) is 22.2 Å². The molecule has 1 aliphatic carbocycles. The highest BCUT2D eigenvalue weighted by Crippen LogP contribution is 2.38. The highest BCUT2D eigenvalue weighted by Gasteiger charge is 2.24. The van der Waals surface area contributed by atoms with Gasteiger partial charge in [0.2, 0.25) is 0 Å². The lowest BCUT2D eigenvalue weighted by Gasteiger charge is -2.16. The first kappa shape index (κ1) is 17.5. The summed E-state index contributed by atoms with van der Waals surface area (Å²) >= 11 is 1.89. The van der Waals surface area contributed by atoms with Crippen LogP contribution in [0.15, 0.2) is 42.5 Å². The van der Waals surface area contributed by atoms with Crippen molar-refractivity contribution in [1.82, 2.24) is 4.57 Å². The van der Waals surface area contributed by atoms with E-state index in [0.717, 1.165) is 59.4 Å². The van der Waals surface area contributed by atoms with Gasteiger partial charge in [-0.1, -0.05) is 12.1 Å². The molecule has 0 N–H and O–H groups in total. The summed E-state index contributed by atoms with van der Waals surface area (Å²) in [7, 11) is 0. The lowest BCUT2D eigenvalue weighted by molar-refractivity contribution is 0.303. The average molecular weight is 390 g/mol. The maximum Gasteiger partial charge on any atom is 0.121 e. The van der Waals surface area contributed by atoms with Gasteiger partial charge in [0.15, 0.2) is 0 Å². The second-order valence-electron chi connectivity index (χ2n) is 7.41. The summed E-state index contributed by atoms with van der Waals surface area (Å²) in [5.74, 6) is 2.09. The van der Waals surface area contributed by atoms with Crippen LogP contribution in [0.3, 0.4) is 0 Å². The van der Waals surface area contributed by atoms with Crippen molar-refractivity contribution >= 4 is 28.5 Å². The van der Waals surface area contributed by atoms with E-state index in [0.29, 0.717) is 6.10 Å². The van der Waals surface area contributed by atoms with Gasteiger partial charge in [0.05, 0.1) is 22.9 Å². The van der Waals surface area contributed by atoms with E-state index in [4.69, 9.17) is 4.74 Å². The number of aryl methyl sites for hydroxylation is 1. The SMILES string of the molecule is CCn1c(-c2ccc(N3CCCS3)cc2)c(C#N)c2ccc(OC3CC3)cc21. The van der Waals surface area contributed by atoms with Gasteiger partial charge >= 0.3 is 0 Å². The third-order valence-corrected chi connectivity index (χ3v) is 6.65. The zero-order valence-corrected chi connectivity index (χ0v) is 16.8. The molecule has 0 unspecified atom stereocenters. The molecule has 1 saturated carbocycles. The van der Waals surface area contributed by atoms with Crippen molar-refractivity contribution in [3.8, 4) is 23.1 Å². The normalized spacial score (nSPS) is 16.5. The summed E-state index contributed by atoms with van der Waals surface area (Å²) < 4.78 is 10.6. The monoisotopic (exact) mass is 389 g/mol. The molecule has 1 aliphatic heterocycles. The number of benzene rings is 2. The fourth-order valence-corrected chi connectivity index (χ4v) is 4.97. The second kappa shape index (κ2) is 7.10. The quantitative estimate of drug-likeness (QED) is 0.533. The van der Waals surface area contributed by atoms with Crippen LogP contribution in [-0.2, 0) is 6.54 Å². The smallest absolute Gasteiger partial charge is 0.121 e. The van der Waals surface area contributed by atoms with Crippen molar-refractivity contribution in [3.05, 3.63) is 48.0 Å². The number of rotatable bonds is 5. The van der Waals surface area contributed by atoms with Crippen molar-refractivity contribution in [2.75, 3.05) is 16.6 Å². The minimum absolute atomic E-state index is 0.369. The summed E-state index contributed by atoms with van der Waals surface area (Å²) in [6.07, 6.45) is 3.89. The zero-order chi connectivity index (χ0) is 19.1. The van der Waals surface area contributed by atoms with Crippen molar-refractivity contribution in [2.45, 2.75) is 38.8 Å². The van der Waals surface area contributed by atoms with Crippen LogP contribution in [0, 0.1) is 11.3 Å². The molecule has 142 valence electrons. The van der Waals surface area contributed by atoms with Gasteiger partial charge in [0.1, 0.15) is 11.8 Å². The number of fused-ring (bicyclic) bond motifs is 1. The minimum Gasteiger partial charge on any atom is -0.490 e. The van der Waals surface area contributed by atoms with Crippen LogP contribution in [0.4, 0.5) is 5.69 Å². The summed E-state index contributed by atoms with van der Waals surface area (Å²) in [5.41, 5.74) is 5.16. The predicted octanol–water partition coefficient (Wildman–Crippen LogP) is 5.60. The molecule has 1 saturated heterocycles. The third-order valence-electron chi connectivity index (χ3n) is 5.47. The number of hydrogen-bond acceptors (Lipinski definition) is 4. The van der Waals surface area contributed by atoms with Crippen LogP contribution in [0.1, 0.15) is 31.7 Å². The zero-order valence-electron chi connectivity index (χ0n) is 16.0. The largest absolute Gasteiger partial charge is 0.490 e. The van der Waals surface area contributed by atoms with Gasteiger partial charge in [0.25, 0.3) is 0 Å². The Kier molecular flexibility index (Phi) is 4.44. The summed E-state index contributed by atoms with van der Waals surface area (Å²) in [4.78, 5) is 0. The maximum absolute atomic E-state index is 9.93. The van der Waals surface area contributed by atoms with Crippen LogP contribution < -0.4 is 9.04 Å². The van der Waals surface area contributed by atoms with E-state index < -0.39 is 0 Å². The summed E-state index contributed by atoms with van der Waals surface area (Å²) in [6.45, 7) is 4.05. The summed E-state index contributed by atoms with van der Waals surface area (Å²) in [6, 6.07) is 17.2. The molecule has 28 heavy (non-hydrogen) atoms. The first-order valence-electron chi connectivity index (χ1n) is 10.0. The maximum atomic E-state index is 9.93. The molecule has 0 atom stereocenters. The minimum atomic E-state index is 0.369. The number of nitrogens with zero attached hydrogens (tertiary/aromatic N) is 3. The fraction of sp³-hybridized carbons (Fsp3) is 0.348. The van der Waals surface area contributed by atoms with E-state index in [1.807, 2.05) is 24.1 Å². The Hall–Kier alpha value is -2.58. The molecule has 2 heterocycles.